The van der Waals surface area contributed by atoms with E-state index in [1.807, 2.05) is 31.2 Å². The van der Waals surface area contributed by atoms with Crippen LogP contribution in [0, 0.1) is 6.92 Å². The summed E-state index contributed by atoms with van der Waals surface area (Å²) >= 11 is 0. The van der Waals surface area contributed by atoms with E-state index in [9.17, 15) is 13.5 Å². The van der Waals surface area contributed by atoms with E-state index in [0.29, 0.717) is 25.3 Å². The molecule has 1 fully saturated rings. The van der Waals surface area contributed by atoms with Crippen molar-refractivity contribution in [3.05, 3.63) is 59.7 Å². The van der Waals surface area contributed by atoms with Crippen molar-refractivity contribution in [3.63, 3.8) is 0 Å². The first-order valence-corrected chi connectivity index (χ1v) is 11.6. The van der Waals surface area contributed by atoms with E-state index in [1.165, 1.54) is 5.56 Å². The monoisotopic (exact) mass is 419 g/mol. The van der Waals surface area contributed by atoms with Crippen molar-refractivity contribution in [2.24, 2.45) is 0 Å². The molecule has 29 heavy (non-hydrogen) atoms. The van der Waals surface area contributed by atoms with Crippen molar-refractivity contribution < 1.29 is 23.0 Å². The van der Waals surface area contributed by atoms with Gasteiger partial charge in [-0.2, -0.15) is 0 Å². The summed E-state index contributed by atoms with van der Waals surface area (Å²) in [6, 6.07) is 15.3. The lowest BCUT2D eigenvalue weighted by atomic mass is 10.1. The Balaban J connectivity index is 1.62. The Morgan fingerprint density at radius 3 is 2.34 bits per heavy atom. The van der Waals surface area contributed by atoms with E-state index in [2.05, 4.69) is 4.90 Å². The standard InChI is InChI=1S/C22H29NO5S/c1-17-3-5-18(6-4-17)13-23(19-11-12-29(25,26)16-19)14-20(24)15-28-22-9-7-21(27-2)8-10-22/h3-10,19-20,24H,11-16H2,1-2H3/t19-,20+/m1/s1. The number of aliphatic hydroxyl groups is 1. The second-order valence-electron chi connectivity index (χ2n) is 7.61. The van der Waals surface area contributed by atoms with Gasteiger partial charge < -0.3 is 14.6 Å². The highest BCUT2D eigenvalue weighted by atomic mass is 32.2. The summed E-state index contributed by atoms with van der Waals surface area (Å²) in [4.78, 5) is 2.07. The van der Waals surface area contributed by atoms with Gasteiger partial charge in [0.15, 0.2) is 9.84 Å². The number of hydrogen-bond acceptors (Lipinski definition) is 6. The zero-order chi connectivity index (χ0) is 20.9. The minimum absolute atomic E-state index is 0.0862. The van der Waals surface area contributed by atoms with Gasteiger partial charge in [-0.05, 0) is 43.2 Å². The first kappa shape index (κ1) is 21.6. The molecule has 0 bridgehead atoms. The van der Waals surface area contributed by atoms with Crippen LogP contribution in [-0.4, -0.2) is 62.3 Å². The minimum Gasteiger partial charge on any atom is -0.497 e. The molecule has 1 heterocycles. The number of nitrogens with zero attached hydrogens (tertiary/aromatic N) is 1. The fraction of sp³-hybridized carbons (Fsp3) is 0.455. The average Bonchev–Trinajstić information content (AvgIpc) is 3.07. The van der Waals surface area contributed by atoms with Crippen molar-refractivity contribution in [2.75, 3.05) is 31.8 Å². The van der Waals surface area contributed by atoms with Crippen molar-refractivity contribution in [3.8, 4) is 11.5 Å². The van der Waals surface area contributed by atoms with E-state index in [0.717, 1.165) is 11.3 Å². The van der Waals surface area contributed by atoms with Crippen LogP contribution in [0.4, 0.5) is 0 Å². The summed E-state index contributed by atoms with van der Waals surface area (Å²) in [7, 11) is -1.40. The number of aryl methyl sites for hydroxylation is 1. The van der Waals surface area contributed by atoms with Gasteiger partial charge in [0.05, 0.1) is 18.6 Å². The second kappa shape index (κ2) is 9.61. The highest BCUT2D eigenvalue weighted by molar-refractivity contribution is 7.91. The SMILES string of the molecule is COc1ccc(OC[C@@H](O)CN(Cc2ccc(C)cc2)[C@@H]2CCS(=O)(=O)C2)cc1. The summed E-state index contributed by atoms with van der Waals surface area (Å²) in [5, 5.41) is 10.6. The maximum atomic E-state index is 12.0. The smallest absolute Gasteiger partial charge is 0.151 e. The van der Waals surface area contributed by atoms with Crippen LogP contribution in [0.3, 0.4) is 0 Å². The lowest BCUT2D eigenvalue weighted by molar-refractivity contribution is 0.0524. The molecular weight excluding hydrogens is 390 g/mol. The number of sulfone groups is 1. The molecule has 158 valence electrons. The van der Waals surface area contributed by atoms with Gasteiger partial charge in [-0.3, -0.25) is 4.90 Å². The maximum Gasteiger partial charge on any atom is 0.151 e. The summed E-state index contributed by atoms with van der Waals surface area (Å²) in [5.41, 5.74) is 2.28. The molecule has 0 radical (unpaired) electrons. The van der Waals surface area contributed by atoms with E-state index in [-0.39, 0.29) is 24.2 Å². The highest BCUT2D eigenvalue weighted by Gasteiger charge is 2.33. The number of rotatable bonds is 9. The van der Waals surface area contributed by atoms with Crippen LogP contribution in [0.5, 0.6) is 11.5 Å². The lowest BCUT2D eigenvalue weighted by Gasteiger charge is -2.30. The number of methoxy groups -OCH3 is 1. The third-order valence-corrected chi connectivity index (χ3v) is 6.93. The first-order chi connectivity index (χ1) is 13.8. The molecule has 1 aliphatic rings. The number of hydrogen-bond donors (Lipinski definition) is 1. The Labute approximate surface area is 173 Å². The average molecular weight is 420 g/mol. The van der Waals surface area contributed by atoms with Gasteiger partial charge in [-0.25, -0.2) is 8.42 Å². The minimum atomic E-state index is -3.00. The molecule has 1 saturated heterocycles. The van der Waals surface area contributed by atoms with Gasteiger partial charge >= 0.3 is 0 Å². The Hall–Kier alpha value is -2.09. The zero-order valence-electron chi connectivity index (χ0n) is 17.0. The van der Waals surface area contributed by atoms with E-state index < -0.39 is 15.9 Å². The summed E-state index contributed by atoms with van der Waals surface area (Å²) in [5.74, 6) is 1.74. The van der Waals surface area contributed by atoms with Crippen LogP contribution in [0.25, 0.3) is 0 Å². The van der Waals surface area contributed by atoms with Crippen molar-refractivity contribution in [1.82, 2.24) is 4.90 Å². The molecule has 0 spiro atoms. The molecular formula is C22H29NO5S. The third-order valence-electron chi connectivity index (χ3n) is 5.18. The largest absolute Gasteiger partial charge is 0.497 e. The van der Waals surface area contributed by atoms with Crippen LogP contribution in [0.1, 0.15) is 17.5 Å². The van der Waals surface area contributed by atoms with E-state index >= 15 is 0 Å². The van der Waals surface area contributed by atoms with Gasteiger partial charge in [0.25, 0.3) is 0 Å². The van der Waals surface area contributed by atoms with Crippen molar-refractivity contribution in [2.45, 2.75) is 32.0 Å². The number of benzene rings is 2. The molecule has 1 aliphatic heterocycles. The predicted octanol–water partition coefficient (Wildman–Crippen LogP) is 2.43. The van der Waals surface area contributed by atoms with Crippen molar-refractivity contribution >= 4 is 9.84 Å². The quantitative estimate of drug-likeness (QED) is 0.673. The maximum absolute atomic E-state index is 12.0. The summed E-state index contributed by atoms with van der Waals surface area (Å²) in [6.07, 6.45) is -0.133. The molecule has 0 aliphatic carbocycles. The van der Waals surface area contributed by atoms with Crippen LogP contribution < -0.4 is 9.47 Å². The van der Waals surface area contributed by atoms with Gasteiger partial charge in [0.2, 0.25) is 0 Å². The van der Waals surface area contributed by atoms with Crippen molar-refractivity contribution in [1.29, 1.82) is 0 Å². The summed E-state index contributed by atoms with van der Waals surface area (Å²) in [6.45, 7) is 3.12. The fourth-order valence-corrected chi connectivity index (χ4v) is 5.28. The molecule has 0 amide bonds. The van der Waals surface area contributed by atoms with Gasteiger partial charge in [0, 0.05) is 19.1 Å². The van der Waals surface area contributed by atoms with Crippen LogP contribution in [0.15, 0.2) is 48.5 Å². The zero-order valence-corrected chi connectivity index (χ0v) is 17.8. The molecule has 2 aromatic rings. The molecule has 6 nitrogen and oxygen atoms in total. The molecule has 7 heteroatoms. The molecule has 0 saturated carbocycles. The van der Waals surface area contributed by atoms with Gasteiger partial charge in [0.1, 0.15) is 24.2 Å². The second-order valence-corrected chi connectivity index (χ2v) is 9.84. The Kier molecular flexibility index (Phi) is 7.16. The lowest BCUT2D eigenvalue weighted by Crippen LogP contribution is -2.42. The predicted molar refractivity (Wildman–Crippen MR) is 113 cm³/mol. The Morgan fingerprint density at radius 1 is 1.10 bits per heavy atom. The van der Waals surface area contributed by atoms with Gasteiger partial charge in [-0.15, -0.1) is 0 Å². The highest BCUT2D eigenvalue weighted by Crippen LogP contribution is 2.21. The Morgan fingerprint density at radius 2 is 1.76 bits per heavy atom. The Bertz CT molecular complexity index is 880. The molecule has 2 atom stereocenters. The van der Waals surface area contributed by atoms with E-state index in [4.69, 9.17) is 9.47 Å². The molecule has 0 unspecified atom stereocenters. The summed E-state index contributed by atoms with van der Waals surface area (Å²) < 4.78 is 34.7. The van der Waals surface area contributed by atoms with Crippen LogP contribution >= 0.6 is 0 Å². The topological polar surface area (TPSA) is 76.1 Å². The number of ether oxygens (including phenoxy) is 2. The molecule has 1 N–H and O–H groups in total. The third kappa shape index (κ3) is 6.45. The molecule has 2 aromatic carbocycles. The fourth-order valence-electron chi connectivity index (χ4n) is 3.52. The number of aliphatic hydroxyl groups excluding tert-OH is 1. The molecule has 3 rings (SSSR count). The van der Waals surface area contributed by atoms with Crippen LogP contribution in [-0.2, 0) is 16.4 Å². The van der Waals surface area contributed by atoms with E-state index in [1.54, 1.807) is 31.4 Å². The van der Waals surface area contributed by atoms with Crippen LogP contribution in [0.2, 0.25) is 0 Å². The van der Waals surface area contributed by atoms with Gasteiger partial charge in [-0.1, -0.05) is 29.8 Å². The normalized spacial score (nSPS) is 19.2. The first-order valence-electron chi connectivity index (χ1n) is 9.79. The molecule has 0 aromatic heterocycles.